The second kappa shape index (κ2) is 3.60. The van der Waals surface area contributed by atoms with Gasteiger partial charge in [0.15, 0.2) is 0 Å². The summed E-state index contributed by atoms with van der Waals surface area (Å²) in [6, 6.07) is 0.0416. The van der Waals surface area contributed by atoms with E-state index in [1.54, 1.807) is 6.92 Å². The van der Waals surface area contributed by atoms with Crippen molar-refractivity contribution in [1.82, 2.24) is 9.78 Å². The molecular weight excluding hydrogens is 169 g/mol. The second-order valence-electron chi connectivity index (χ2n) is 2.43. The lowest BCUT2D eigenvalue weighted by Crippen LogP contribution is -2.17. The van der Waals surface area contributed by atoms with Crippen molar-refractivity contribution in [3.8, 4) is 0 Å². The zero-order chi connectivity index (χ0) is 9.14. The van der Waals surface area contributed by atoms with Crippen LogP contribution < -0.4 is 0 Å². The van der Waals surface area contributed by atoms with Crippen LogP contribution in [-0.2, 0) is 0 Å². The molecule has 68 valence electrons. The Bertz CT molecular complexity index is 247. The predicted octanol–water partition coefficient (Wildman–Crippen LogP) is 2.24. The molecule has 5 heteroatoms. The van der Waals surface area contributed by atoms with Crippen LogP contribution in [0.4, 0.5) is 13.2 Å². The minimum absolute atomic E-state index is 0.235. The van der Waals surface area contributed by atoms with Crippen molar-refractivity contribution in [3.05, 3.63) is 18.2 Å². The van der Waals surface area contributed by atoms with Crippen LogP contribution in [0.3, 0.4) is 0 Å². The van der Waals surface area contributed by atoms with Crippen LogP contribution in [0.2, 0.25) is 0 Å². The molecular formula is C7H9F3N2. The SMILES string of the molecule is CC[C@@H](C(F)F)n1ccc(F)n1. The van der Waals surface area contributed by atoms with Gasteiger partial charge >= 0.3 is 0 Å². The van der Waals surface area contributed by atoms with Gasteiger partial charge in [-0.05, 0) is 6.42 Å². The topological polar surface area (TPSA) is 17.8 Å². The number of halogens is 3. The Morgan fingerprint density at radius 2 is 2.25 bits per heavy atom. The molecule has 1 aromatic heterocycles. The first kappa shape index (κ1) is 9.09. The van der Waals surface area contributed by atoms with Crippen molar-refractivity contribution in [3.63, 3.8) is 0 Å². The number of hydrogen-bond acceptors (Lipinski definition) is 1. The molecule has 0 spiro atoms. The number of hydrogen-bond donors (Lipinski definition) is 0. The van der Waals surface area contributed by atoms with Crippen LogP contribution in [0.5, 0.6) is 0 Å². The summed E-state index contributed by atoms with van der Waals surface area (Å²) < 4.78 is 37.7. The predicted molar refractivity (Wildman–Crippen MR) is 37.5 cm³/mol. The van der Waals surface area contributed by atoms with Crippen molar-refractivity contribution < 1.29 is 13.2 Å². The maximum absolute atomic E-state index is 12.3. The highest BCUT2D eigenvalue weighted by molar-refractivity contribution is 4.85. The van der Waals surface area contributed by atoms with Gasteiger partial charge in [-0.25, -0.2) is 8.78 Å². The summed E-state index contributed by atoms with van der Waals surface area (Å²) in [5.74, 6) is -0.728. The first-order chi connectivity index (χ1) is 5.65. The molecule has 0 fully saturated rings. The third-order valence-electron chi connectivity index (χ3n) is 1.62. The fourth-order valence-corrected chi connectivity index (χ4v) is 0.980. The molecule has 0 unspecified atom stereocenters. The summed E-state index contributed by atoms with van der Waals surface area (Å²) in [7, 11) is 0. The Morgan fingerprint density at radius 3 is 2.58 bits per heavy atom. The van der Waals surface area contributed by atoms with Gasteiger partial charge in [0, 0.05) is 12.3 Å². The molecule has 0 aliphatic carbocycles. The molecule has 1 rings (SSSR count). The summed E-state index contributed by atoms with van der Waals surface area (Å²) in [6.07, 6.45) is -1.05. The molecule has 0 bridgehead atoms. The summed E-state index contributed by atoms with van der Waals surface area (Å²) in [4.78, 5) is 0. The maximum atomic E-state index is 12.3. The molecule has 12 heavy (non-hydrogen) atoms. The molecule has 0 amide bonds. The van der Waals surface area contributed by atoms with Gasteiger partial charge in [0.05, 0.1) is 0 Å². The Labute approximate surface area is 68.0 Å². The minimum atomic E-state index is -2.51. The van der Waals surface area contributed by atoms with Crippen molar-refractivity contribution in [1.29, 1.82) is 0 Å². The number of rotatable bonds is 3. The van der Waals surface area contributed by atoms with Gasteiger partial charge in [-0.2, -0.15) is 4.39 Å². The van der Waals surface area contributed by atoms with E-state index in [9.17, 15) is 13.2 Å². The summed E-state index contributed by atoms with van der Waals surface area (Å²) in [5.41, 5.74) is 0. The summed E-state index contributed by atoms with van der Waals surface area (Å²) in [5, 5.41) is 3.27. The van der Waals surface area contributed by atoms with Crippen molar-refractivity contribution in [2.24, 2.45) is 0 Å². The fourth-order valence-electron chi connectivity index (χ4n) is 0.980. The van der Waals surface area contributed by atoms with Crippen LogP contribution in [0.1, 0.15) is 19.4 Å². The van der Waals surface area contributed by atoms with Crippen molar-refractivity contribution >= 4 is 0 Å². The zero-order valence-corrected chi connectivity index (χ0v) is 6.54. The molecule has 0 N–H and O–H groups in total. The Hall–Kier alpha value is -1.00. The number of nitrogens with zero attached hydrogens (tertiary/aromatic N) is 2. The van der Waals surface area contributed by atoms with Gasteiger partial charge in [0.1, 0.15) is 6.04 Å². The van der Waals surface area contributed by atoms with E-state index < -0.39 is 18.4 Å². The van der Waals surface area contributed by atoms with E-state index in [2.05, 4.69) is 5.10 Å². The number of alkyl halides is 2. The van der Waals surface area contributed by atoms with Gasteiger partial charge in [0.2, 0.25) is 5.95 Å². The normalized spacial score (nSPS) is 13.8. The highest BCUT2D eigenvalue weighted by Crippen LogP contribution is 2.18. The second-order valence-corrected chi connectivity index (χ2v) is 2.43. The molecule has 1 heterocycles. The summed E-state index contributed by atoms with van der Waals surface area (Å²) >= 11 is 0. The smallest absolute Gasteiger partial charge is 0.260 e. The van der Waals surface area contributed by atoms with E-state index >= 15 is 0 Å². The Morgan fingerprint density at radius 1 is 1.58 bits per heavy atom. The van der Waals surface area contributed by atoms with Gasteiger partial charge in [-0.1, -0.05) is 6.92 Å². The monoisotopic (exact) mass is 178 g/mol. The largest absolute Gasteiger partial charge is 0.261 e. The van der Waals surface area contributed by atoms with E-state index in [4.69, 9.17) is 0 Å². The quantitative estimate of drug-likeness (QED) is 0.694. The molecule has 0 aliphatic rings. The van der Waals surface area contributed by atoms with Crippen LogP contribution in [0.25, 0.3) is 0 Å². The average Bonchev–Trinajstić information content (AvgIpc) is 2.37. The summed E-state index contributed by atoms with van der Waals surface area (Å²) in [6.45, 7) is 1.61. The maximum Gasteiger partial charge on any atom is 0.260 e. The average molecular weight is 178 g/mol. The van der Waals surface area contributed by atoms with Gasteiger partial charge in [-0.3, -0.25) is 4.68 Å². The van der Waals surface area contributed by atoms with E-state index in [1.165, 1.54) is 6.20 Å². The lowest BCUT2D eigenvalue weighted by molar-refractivity contribution is 0.0734. The highest BCUT2D eigenvalue weighted by Gasteiger charge is 2.20. The van der Waals surface area contributed by atoms with Gasteiger partial charge in [-0.15, -0.1) is 5.10 Å². The third-order valence-corrected chi connectivity index (χ3v) is 1.62. The Balaban J connectivity index is 2.80. The first-order valence-corrected chi connectivity index (χ1v) is 3.64. The first-order valence-electron chi connectivity index (χ1n) is 3.64. The molecule has 0 radical (unpaired) electrons. The molecule has 1 atom stereocenters. The standard InChI is InChI=1S/C7H9F3N2/c1-2-5(7(9)10)12-4-3-6(8)11-12/h3-5,7H,2H2,1H3/t5-/m0/s1. The van der Waals surface area contributed by atoms with Gasteiger partial charge in [0.25, 0.3) is 6.43 Å². The van der Waals surface area contributed by atoms with Crippen molar-refractivity contribution in [2.75, 3.05) is 0 Å². The van der Waals surface area contributed by atoms with Crippen LogP contribution in [0.15, 0.2) is 12.3 Å². The van der Waals surface area contributed by atoms with Crippen LogP contribution in [0, 0.1) is 5.95 Å². The van der Waals surface area contributed by atoms with Crippen LogP contribution >= 0.6 is 0 Å². The Kier molecular flexibility index (Phi) is 2.73. The van der Waals surface area contributed by atoms with Crippen LogP contribution in [-0.4, -0.2) is 16.2 Å². The molecule has 0 saturated carbocycles. The molecule has 0 aliphatic heterocycles. The van der Waals surface area contributed by atoms with E-state index in [1.807, 2.05) is 0 Å². The lowest BCUT2D eigenvalue weighted by Gasteiger charge is -2.13. The molecule has 1 aromatic rings. The molecule has 2 nitrogen and oxygen atoms in total. The van der Waals surface area contributed by atoms with E-state index in [-0.39, 0.29) is 6.42 Å². The van der Waals surface area contributed by atoms with E-state index in [0.29, 0.717) is 0 Å². The number of aromatic nitrogens is 2. The highest BCUT2D eigenvalue weighted by atomic mass is 19.3. The molecule has 0 aromatic carbocycles. The minimum Gasteiger partial charge on any atom is -0.261 e. The zero-order valence-electron chi connectivity index (χ0n) is 6.54. The third kappa shape index (κ3) is 1.78. The lowest BCUT2D eigenvalue weighted by atomic mass is 10.2. The fraction of sp³-hybridized carbons (Fsp3) is 0.571. The van der Waals surface area contributed by atoms with E-state index in [0.717, 1.165) is 10.7 Å². The van der Waals surface area contributed by atoms with Gasteiger partial charge < -0.3 is 0 Å². The van der Waals surface area contributed by atoms with Crippen molar-refractivity contribution in [2.45, 2.75) is 25.8 Å². The molecule has 0 saturated heterocycles.